The van der Waals surface area contributed by atoms with Crippen LogP contribution in [0.1, 0.15) is 24.8 Å². The van der Waals surface area contributed by atoms with Crippen LogP contribution in [-0.4, -0.2) is 40.7 Å². The molecule has 0 fully saturated rings. The molecule has 0 bridgehead atoms. The fourth-order valence-electron chi connectivity index (χ4n) is 1.93. The van der Waals surface area contributed by atoms with Crippen molar-refractivity contribution in [3.63, 3.8) is 0 Å². The molecule has 0 heterocycles. The van der Waals surface area contributed by atoms with E-state index in [9.17, 15) is 15.0 Å². The van der Waals surface area contributed by atoms with Crippen LogP contribution >= 0.6 is 11.8 Å². The molecule has 0 aliphatic rings. The fourth-order valence-corrected chi connectivity index (χ4v) is 2.43. The van der Waals surface area contributed by atoms with Gasteiger partial charge in [-0.25, -0.2) is 0 Å². The summed E-state index contributed by atoms with van der Waals surface area (Å²) in [5.74, 6) is 0.584. The molecule has 0 saturated carbocycles. The summed E-state index contributed by atoms with van der Waals surface area (Å²) in [6.07, 6.45) is 5.63. The van der Waals surface area contributed by atoms with Gasteiger partial charge in [0, 0.05) is 6.54 Å². The molecule has 6 heteroatoms. The van der Waals surface area contributed by atoms with Gasteiger partial charge in [0.15, 0.2) is 11.5 Å². The van der Waals surface area contributed by atoms with Crippen molar-refractivity contribution in [3.05, 3.63) is 23.8 Å². The second-order valence-corrected chi connectivity index (χ2v) is 5.96. The number of hydrogen-bond donors (Lipinski definition) is 4. The third-order valence-corrected chi connectivity index (χ3v) is 3.85. The Kier molecular flexibility index (Phi) is 8.00. The Hall–Kier alpha value is -1.40. The smallest absolute Gasteiger partial charge is 0.237 e. The van der Waals surface area contributed by atoms with Crippen LogP contribution < -0.4 is 11.1 Å². The molecule has 0 radical (unpaired) electrons. The third kappa shape index (κ3) is 6.73. The fraction of sp³-hybridized carbons (Fsp3) is 0.533. The number of hydrogen-bond acceptors (Lipinski definition) is 5. The molecule has 1 rings (SSSR count). The Morgan fingerprint density at radius 2 is 2.05 bits per heavy atom. The highest BCUT2D eigenvalue weighted by molar-refractivity contribution is 7.98. The summed E-state index contributed by atoms with van der Waals surface area (Å²) in [5.41, 5.74) is 6.56. The maximum absolute atomic E-state index is 11.8. The molecule has 118 valence electrons. The van der Waals surface area contributed by atoms with Crippen molar-refractivity contribution in [2.75, 3.05) is 18.6 Å². The number of nitrogens with one attached hydrogen (secondary N) is 1. The van der Waals surface area contributed by atoms with Crippen LogP contribution in [0.15, 0.2) is 18.2 Å². The van der Waals surface area contributed by atoms with E-state index in [1.54, 1.807) is 6.07 Å². The lowest BCUT2D eigenvalue weighted by atomic mass is 10.1. The van der Waals surface area contributed by atoms with Gasteiger partial charge in [-0.2, -0.15) is 11.8 Å². The minimum Gasteiger partial charge on any atom is -0.504 e. The van der Waals surface area contributed by atoms with Gasteiger partial charge in [0.05, 0.1) is 6.04 Å². The highest BCUT2D eigenvalue weighted by Crippen LogP contribution is 2.25. The van der Waals surface area contributed by atoms with E-state index < -0.39 is 6.04 Å². The first-order chi connectivity index (χ1) is 10.0. The van der Waals surface area contributed by atoms with Crippen molar-refractivity contribution in [2.24, 2.45) is 5.73 Å². The monoisotopic (exact) mass is 312 g/mol. The number of carbonyl (C=O) groups excluding carboxylic acids is 1. The van der Waals surface area contributed by atoms with Gasteiger partial charge in [-0.05, 0) is 49.0 Å². The largest absolute Gasteiger partial charge is 0.504 e. The minimum atomic E-state index is -0.653. The number of unbranched alkanes of at least 4 members (excludes halogenated alkanes) is 2. The van der Waals surface area contributed by atoms with E-state index in [1.807, 2.05) is 11.8 Å². The molecule has 5 N–H and O–H groups in total. The van der Waals surface area contributed by atoms with Gasteiger partial charge < -0.3 is 21.3 Å². The molecule has 1 amide bonds. The zero-order valence-electron chi connectivity index (χ0n) is 12.3. The molecule has 0 aromatic heterocycles. The summed E-state index contributed by atoms with van der Waals surface area (Å²) >= 11 is 1.83. The van der Waals surface area contributed by atoms with Crippen LogP contribution in [0.25, 0.3) is 0 Å². The number of phenolic OH excluding ortho intramolecular Hbond substituents is 2. The van der Waals surface area contributed by atoms with E-state index >= 15 is 0 Å². The van der Waals surface area contributed by atoms with Gasteiger partial charge in [0.2, 0.25) is 5.91 Å². The Morgan fingerprint density at radius 1 is 1.29 bits per heavy atom. The lowest BCUT2D eigenvalue weighted by molar-refractivity contribution is -0.122. The SMILES string of the molecule is CSCCCCCNC(=O)[C@@H](N)Cc1ccc(O)c(O)c1. The maximum Gasteiger partial charge on any atom is 0.237 e. The molecule has 1 aromatic carbocycles. The Bertz CT molecular complexity index is 455. The number of rotatable bonds is 9. The number of carbonyl (C=O) groups is 1. The summed E-state index contributed by atoms with van der Waals surface area (Å²) in [7, 11) is 0. The molecule has 0 aliphatic heterocycles. The topological polar surface area (TPSA) is 95.6 Å². The summed E-state index contributed by atoms with van der Waals surface area (Å²) in [5, 5.41) is 21.5. The molecule has 0 unspecified atom stereocenters. The lowest BCUT2D eigenvalue weighted by Crippen LogP contribution is -2.42. The average Bonchev–Trinajstić information content (AvgIpc) is 2.46. The second-order valence-electron chi connectivity index (χ2n) is 4.98. The van der Waals surface area contributed by atoms with Crippen molar-refractivity contribution in [1.82, 2.24) is 5.32 Å². The zero-order chi connectivity index (χ0) is 15.7. The lowest BCUT2D eigenvalue weighted by Gasteiger charge is -2.12. The minimum absolute atomic E-state index is 0.179. The predicted molar refractivity (Wildman–Crippen MR) is 86.7 cm³/mol. The van der Waals surface area contributed by atoms with E-state index in [1.165, 1.54) is 12.1 Å². The highest BCUT2D eigenvalue weighted by Gasteiger charge is 2.14. The van der Waals surface area contributed by atoms with Gasteiger partial charge in [-0.15, -0.1) is 0 Å². The Labute approximate surface area is 129 Å². The number of thioether (sulfide) groups is 1. The quantitative estimate of drug-likeness (QED) is 0.410. The maximum atomic E-state index is 11.8. The second kappa shape index (κ2) is 9.52. The van der Waals surface area contributed by atoms with Gasteiger partial charge in [-0.3, -0.25) is 4.79 Å². The Balaban J connectivity index is 2.29. The first-order valence-electron chi connectivity index (χ1n) is 7.07. The van der Waals surface area contributed by atoms with Crippen molar-refractivity contribution in [2.45, 2.75) is 31.7 Å². The molecule has 1 atom stereocenters. The average molecular weight is 312 g/mol. The molecular weight excluding hydrogens is 288 g/mol. The van der Waals surface area contributed by atoms with Crippen LogP contribution in [0.2, 0.25) is 0 Å². The number of nitrogens with two attached hydrogens (primary N) is 1. The third-order valence-electron chi connectivity index (χ3n) is 3.16. The van der Waals surface area contributed by atoms with E-state index in [0.717, 1.165) is 25.0 Å². The molecule has 0 spiro atoms. The number of amides is 1. The predicted octanol–water partition coefficient (Wildman–Crippen LogP) is 1.62. The molecule has 21 heavy (non-hydrogen) atoms. The highest BCUT2D eigenvalue weighted by atomic mass is 32.2. The van der Waals surface area contributed by atoms with Crippen LogP contribution in [0.4, 0.5) is 0 Å². The molecule has 0 saturated heterocycles. The number of benzene rings is 1. The van der Waals surface area contributed by atoms with E-state index in [-0.39, 0.29) is 17.4 Å². The van der Waals surface area contributed by atoms with Crippen LogP contribution in [0.5, 0.6) is 11.5 Å². The van der Waals surface area contributed by atoms with Crippen LogP contribution in [0, 0.1) is 0 Å². The molecule has 0 aliphatic carbocycles. The zero-order valence-corrected chi connectivity index (χ0v) is 13.2. The van der Waals surface area contributed by atoms with Crippen molar-refractivity contribution in [1.29, 1.82) is 0 Å². The van der Waals surface area contributed by atoms with E-state index in [2.05, 4.69) is 11.6 Å². The summed E-state index contributed by atoms with van der Waals surface area (Å²) < 4.78 is 0. The summed E-state index contributed by atoms with van der Waals surface area (Å²) in [6.45, 7) is 0.641. The Morgan fingerprint density at radius 3 is 2.71 bits per heavy atom. The van der Waals surface area contributed by atoms with Crippen molar-refractivity contribution >= 4 is 17.7 Å². The van der Waals surface area contributed by atoms with Gasteiger partial charge >= 0.3 is 0 Å². The summed E-state index contributed by atoms with van der Waals surface area (Å²) in [4.78, 5) is 11.8. The first kappa shape index (κ1) is 17.7. The first-order valence-corrected chi connectivity index (χ1v) is 8.47. The van der Waals surface area contributed by atoms with Gasteiger partial charge in [-0.1, -0.05) is 12.5 Å². The van der Waals surface area contributed by atoms with Gasteiger partial charge in [0.25, 0.3) is 0 Å². The number of phenols is 2. The molecule has 1 aromatic rings. The van der Waals surface area contributed by atoms with E-state index in [0.29, 0.717) is 18.5 Å². The van der Waals surface area contributed by atoms with Crippen molar-refractivity contribution < 1.29 is 15.0 Å². The summed E-state index contributed by atoms with van der Waals surface area (Å²) in [6, 6.07) is 3.80. The molecule has 5 nitrogen and oxygen atoms in total. The van der Waals surface area contributed by atoms with Gasteiger partial charge in [0.1, 0.15) is 0 Å². The standard InChI is InChI=1S/C15H24N2O3S/c1-21-8-4-2-3-7-17-15(20)12(16)9-11-5-6-13(18)14(19)10-11/h5-6,10,12,18-19H,2-4,7-9,16H2,1H3,(H,17,20)/t12-/m0/s1. The van der Waals surface area contributed by atoms with Crippen LogP contribution in [0.3, 0.4) is 0 Å². The van der Waals surface area contributed by atoms with Crippen molar-refractivity contribution in [3.8, 4) is 11.5 Å². The number of aromatic hydroxyl groups is 2. The normalized spacial score (nSPS) is 12.1. The van der Waals surface area contributed by atoms with Crippen LogP contribution in [-0.2, 0) is 11.2 Å². The molecular formula is C15H24N2O3S. The van der Waals surface area contributed by atoms with E-state index in [4.69, 9.17) is 5.73 Å².